The number of nitrogens with one attached hydrogen (secondary N) is 1. The largest absolute Gasteiger partial charge is 0.370 e. The molecular weight excluding hydrogens is 237 g/mol. The van der Waals surface area contributed by atoms with E-state index < -0.39 is 6.23 Å². The molecule has 1 amide bonds. The minimum atomic E-state index is -0.869. The minimum Gasteiger partial charge on any atom is -0.370 e. The van der Waals surface area contributed by atoms with Crippen LogP contribution in [0.15, 0.2) is 30.3 Å². The highest BCUT2D eigenvalue weighted by Crippen LogP contribution is 2.22. The Balaban J connectivity index is 2.07. The number of benzene rings is 1. The van der Waals surface area contributed by atoms with Crippen molar-refractivity contribution in [1.82, 2.24) is 15.1 Å². The summed E-state index contributed by atoms with van der Waals surface area (Å²) < 4.78 is 14.1. The summed E-state index contributed by atoms with van der Waals surface area (Å²) in [5.74, 6) is -0.610. The number of rotatable bonds is 1. The van der Waals surface area contributed by atoms with Gasteiger partial charge in [0, 0.05) is 5.56 Å². The molecule has 0 unspecified atom stereocenters. The van der Waals surface area contributed by atoms with Crippen LogP contribution in [0, 0.1) is 5.82 Å². The van der Waals surface area contributed by atoms with Crippen molar-refractivity contribution < 1.29 is 14.3 Å². The van der Waals surface area contributed by atoms with Gasteiger partial charge in [-0.1, -0.05) is 0 Å². The van der Waals surface area contributed by atoms with Crippen LogP contribution in [0.5, 0.6) is 0 Å². The van der Waals surface area contributed by atoms with Gasteiger partial charge < -0.3 is 10.4 Å². The number of β-amino-alcohol motifs (C(OH)–C–C–N with tert-alkyl or cyclic N) is 1. The number of nitrogens with zero attached hydrogens (tertiary/aromatic N) is 2. The molecule has 18 heavy (non-hydrogen) atoms. The van der Waals surface area contributed by atoms with E-state index in [9.17, 15) is 14.3 Å². The summed E-state index contributed by atoms with van der Waals surface area (Å²) in [6, 6.07) is 7.38. The molecule has 2 aromatic rings. The molecule has 0 bridgehead atoms. The van der Waals surface area contributed by atoms with Crippen LogP contribution >= 0.6 is 0 Å². The molecule has 6 heteroatoms. The average molecular weight is 247 g/mol. The summed E-state index contributed by atoms with van der Waals surface area (Å²) in [5.41, 5.74) is 1.52. The first kappa shape index (κ1) is 10.9. The fraction of sp³-hybridized carbons (Fsp3) is 0.167. The quantitative estimate of drug-likeness (QED) is 0.787. The van der Waals surface area contributed by atoms with E-state index in [4.69, 9.17) is 0 Å². The molecule has 1 aliphatic rings. The SMILES string of the molecule is O=C1NC[C@H](O)n2nc(-c3ccc(F)cc3)cc21. The highest BCUT2D eigenvalue weighted by Gasteiger charge is 2.25. The Labute approximate surface area is 102 Å². The lowest BCUT2D eigenvalue weighted by atomic mass is 10.1. The molecule has 0 aliphatic carbocycles. The standard InChI is InChI=1S/C12H10FN3O2/c13-8-3-1-7(2-4-8)9-5-10-12(18)14-6-11(17)16(10)15-9/h1-5,11,17H,6H2,(H,14,18)/t11-/m0/s1. The van der Waals surface area contributed by atoms with Crippen molar-refractivity contribution in [3.05, 3.63) is 41.8 Å². The average Bonchev–Trinajstić information content (AvgIpc) is 2.81. The van der Waals surface area contributed by atoms with Gasteiger partial charge in [0.2, 0.25) is 0 Å². The topological polar surface area (TPSA) is 67.2 Å². The van der Waals surface area contributed by atoms with Gasteiger partial charge in [0.15, 0.2) is 6.23 Å². The lowest BCUT2D eigenvalue weighted by Crippen LogP contribution is -2.39. The molecule has 1 aromatic carbocycles. The first-order chi connectivity index (χ1) is 8.65. The number of aliphatic hydroxyl groups excluding tert-OH is 1. The fourth-order valence-corrected chi connectivity index (χ4v) is 1.91. The summed E-state index contributed by atoms with van der Waals surface area (Å²) in [7, 11) is 0. The Morgan fingerprint density at radius 1 is 1.39 bits per heavy atom. The van der Waals surface area contributed by atoms with Crippen LogP contribution in [-0.2, 0) is 0 Å². The second kappa shape index (κ2) is 3.92. The summed E-state index contributed by atoms with van der Waals surface area (Å²) >= 11 is 0. The Morgan fingerprint density at radius 3 is 2.78 bits per heavy atom. The molecule has 0 saturated heterocycles. The second-order valence-electron chi connectivity index (χ2n) is 4.06. The number of carbonyl (C=O) groups is 1. The third-order valence-corrected chi connectivity index (χ3v) is 2.84. The number of amides is 1. The van der Waals surface area contributed by atoms with Gasteiger partial charge in [-0.15, -0.1) is 0 Å². The zero-order chi connectivity index (χ0) is 12.7. The lowest BCUT2D eigenvalue weighted by Gasteiger charge is -2.19. The molecule has 2 heterocycles. The molecule has 0 spiro atoms. The molecule has 0 saturated carbocycles. The summed E-state index contributed by atoms with van der Waals surface area (Å²) in [6.45, 7) is 0.135. The Bertz CT molecular complexity index is 606. The maximum Gasteiger partial charge on any atom is 0.269 e. The van der Waals surface area contributed by atoms with Gasteiger partial charge in [-0.25, -0.2) is 9.07 Å². The third kappa shape index (κ3) is 1.67. The van der Waals surface area contributed by atoms with E-state index in [1.807, 2.05) is 0 Å². The van der Waals surface area contributed by atoms with Crippen molar-refractivity contribution in [3.63, 3.8) is 0 Å². The van der Waals surface area contributed by atoms with E-state index in [1.54, 1.807) is 18.2 Å². The Hall–Kier alpha value is -2.21. The number of aromatic nitrogens is 2. The van der Waals surface area contributed by atoms with Crippen LogP contribution in [-0.4, -0.2) is 27.3 Å². The normalized spacial score (nSPS) is 18.3. The minimum absolute atomic E-state index is 0.135. The molecule has 1 aliphatic heterocycles. The van der Waals surface area contributed by atoms with E-state index >= 15 is 0 Å². The summed E-state index contributed by atoms with van der Waals surface area (Å²) in [6.07, 6.45) is -0.869. The van der Waals surface area contributed by atoms with Crippen molar-refractivity contribution in [3.8, 4) is 11.3 Å². The number of halogens is 1. The number of fused-ring (bicyclic) bond motifs is 1. The summed E-state index contributed by atoms with van der Waals surface area (Å²) in [4.78, 5) is 11.6. The number of aliphatic hydroxyl groups is 1. The molecule has 1 atom stereocenters. The zero-order valence-corrected chi connectivity index (χ0v) is 9.30. The Morgan fingerprint density at radius 2 is 2.11 bits per heavy atom. The first-order valence-electron chi connectivity index (χ1n) is 5.47. The predicted octanol–water partition coefficient (Wildman–Crippen LogP) is 0.923. The van der Waals surface area contributed by atoms with Crippen molar-refractivity contribution in [2.45, 2.75) is 6.23 Å². The second-order valence-corrected chi connectivity index (χ2v) is 4.06. The molecule has 0 fully saturated rings. The van der Waals surface area contributed by atoms with Crippen molar-refractivity contribution in [1.29, 1.82) is 0 Å². The van der Waals surface area contributed by atoms with Gasteiger partial charge in [0.05, 0.1) is 12.2 Å². The van der Waals surface area contributed by atoms with Gasteiger partial charge in [0.1, 0.15) is 11.5 Å². The van der Waals surface area contributed by atoms with E-state index in [1.165, 1.54) is 16.8 Å². The molecule has 2 N–H and O–H groups in total. The first-order valence-corrected chi connectivity index (χ1v) is 5.47. The highest BCUT2D eigenvalue weighted by molar-refractivity contribution is 5.94. The smallest absolute Gasteiger partial charge is 0.269 e. The highest BCUT2D eigenvalue weighted by atomic mass is 19.1. The van der Waals surface area contributed by atoms with E-state index in [0.29, 0.717) is 17.0 Å². The van der Waals surface area contributed by atoms with Crippen molar-refractivity contribution >= 4 is 5.91 Å². The van der Waals surface area contributed by atoms with Crippen molar-refractivity contribution in [2.75, 3.05) is 6.54 Å². The van der Waals surface area contributed by atoms with Crippen LogP contribution in [0.2, 0.25) is 0 Å². The Kier molecular flexibility index (Phi) is 2.38. The van der Waals surface area contributed by atoms with E-state index in [-0.39, 0.29) is 18.3 Å². The molecule has 5 nitrogen and oxygen atoms in total. The van der Waals surface area contributed by atoms with Crippen molar-refractivity contribution in [2.24, 2.45) is 0 Å². The number of carbonyl (C=O) groups excluding carboxylic acids is 1. The van der Waals surface area contributed by atoms with E-state index in [0.717, 1.165) is 0 Å². The van der Waals surface area contributed by atoms with Crippen LogP contribution in [0.25, 0.3) is 11.3 Å². The predicted molar refractivity (Wildman–Crippen MR) is 61.2 cm³/mol. The van der Waals surface area contributed by atoms with Crippen LogP contribution in [0.1, 0.15) is 16.7 Å². The fourth-order valence-electron chi connectivity index (χ4n) is 1.91. The maximum absolute atomic E-state index is 12.8. The maximum atomic E-state index is 12.8. The molecule has 3 rings (SSSR count). The van der Waals surface area contributed by atoms with E-state index in [2.05, 4.69) is 10.4 Å². The van der Waals surface area contributed by atoms with Gasteiger partial charge in [-0.05, 0) is 30.3 Å². The third-order valence-electron chi connectivity index (χ3n) is 2.84. The van der Waals surface area contributed by atoms with Gasteiger partial charge in [-0.2, -0.15) is 5.10 Å². The number of hydrogen-bond donors (Lipinski definition) is 2. The molecular formula is C12H10FN3O2. The van der Waals surface area contributed by atoms with Crippen LogP contribution in [0.4, 0.5) is 4.39 Å². The molecule has 0 radical (unpaired) electrons. The van der Waals surface area contributed by atoms with Gasteiger partial charge in [0.25, 0.3) is 5.91 Å². The summed E-state index contributed by atoms with van der Waals surface area (Å²) in [5, 5.41) is 16.4. The lowest BCUT2D eigenvalue weighted by molar-refractivity contribution is 0.0594. The van der Waals surface area contributed by atoms with Crippen LogP contribution < -0.4 is 5.32 Å². The van der Waals surface area contributed by atoms with Gasteiger partial charge in [-0.3, -0.25) is 4.79 Å². The zero-order valence-electron chi connectivity index (χ0n) is 9.30. The monoisotopic (exact) mass is 247 g/mol. The molecule has 1 aromatic heterocycles. The van der Waals surface area contributed by atoms with Gasteiger partial charge >= 0.3 is 0 Å². The number of hydrogen-bond acceptors (Lipinski definition) is 3. The van der Waals surface area contributed by atoms with Crippen LogP contribution in [0.3, 0.4) is 0 Å². The molecule has 92 valence electrons.